The third kappa shape index (κ3) is 8.14. The van der Waals surface area contributed by atoms with Crippen LogP contribution in [0.15, 0.2) is 30.3 Å². The van der Waals surface area contributed by atoms with E-state index in [1.165, 1.54) is 12.8 Å². The first-order chi connectivity index (χ1) is 14.5. The van der Waals surface area contributed by atoms with Gasteiger partial charge < -0.3 is 10.6 Å². The smallest absolute Gasteiger partial charge is 0.321 e. The third-order valence-corrected chi connectivity index (χ3v) is 5.61. The molecule has 0 aliphatic carbocycles. The van der Waals surface area contributed by atoms with Crippen molar-refractivity contribution < 1.29 is 14.4 Å². The number of hydrogen-bond donors (Lipinski definition) is 3. The lowest BCUT2D eigenvalue weighted by molar-refractivity contribution is -0.130. The number of urea groups is 1. The standard InChI is InChI=1S/C23H36N4O3/c1-3-4-5-9-14-24-22(29)20-13-10-15-27(17-20)18(2)21(28)26-23(30)25-16-19-11-7-6-8-12-19/h6-8,11-12,18,20H,3-5,9-10,13-17H2,1-2H3,(H,24,29)(H2,25,26,28,30). The average molecular weight is 417 g/mol. The van der Waals surface area contributed by atoms with Gasteiger partial charge in [-0.25, -0.2) is 4.79 Å². The molecule has 1 aromatic rings. The summed E-state index contributed by atoms with van der Waals surface area (Å²) < 4.78 is 0. The van der Waals surface area contributed by atoms with Crippen molar-refractivity contribution in [3.63, 3.8) is 0 Å². The number of piperidine rings is 1. The summed E-state index contributed by atoms with van der Waals surface area (Å²) in [4.78, 5) is 39.0. The zero-order chi connectivity index (χ0) is 21.8. The molecule has 7 nitrogen and oxygen atoms in total. The minimum atomic E-state index is -0.505. The van der Waals surface area contributed by atoms with Gasteiger partial charge in [-0.2, -0.15) is 0 Å². The van der Waals surface area contributed by atoms with Crippen LogP contribution in [0.5, 0.6) is 0 Å². The average Bonchev–Trinajstić information content (AvgIpc) is 2.77. The van der Waals surface area contributed by atoms with Crippen molar-refractivity contribution in [1.29, 1.82) is 0 Å². The Morgan fingerprint density at radius 3 is 2.60 bits per heavy atom. The molecule has 0 saturated carbocycles. The van der Waals surface area contributed by atoms with E-state index in [1.807, 2.05) is 35.2 Å². The van der Waals surface area contributed by atoms with E-state index >= 15 is 0 Å². The molecule has 0 spiro atoms. The second-order valence-electron chi connectivity index (χ2n) is 8.02. The van der Waals surface area contributed by atoms with Crippen molar-refractivity contribution in [2.45, 2.75) is 65.0 Å². The normalized spacial score (nSPS) is 17.7. The summed E-state index contributed by atoms with van der Waals surface area (Å²) in [6, 6.07) is 8.56. The number of rotatable bonds is 10. The van der Waals surface area contributed by atoms with Crippen molar-refractivity contribution >= 4 is 17.8 Å². The lowest BCUT2D eigenvalue weighted by atomic mass is 9.95. The number of hydrogen-bond acceptors (Lipinski definition) is 4. The molecule has 7 heteroatoms. The molecule has 4 amide bonds. The monoisotopic (exact) mass is 416 g/mol. The van der Waals surface area contributed by atoms with Crippen LogP contribution < -0.4 is 16.0 Å². The summed E-state index contributed by atoms with van der Waals surface area (Å²) in [6.45, 7) is 6.32. The van der Waals surface area contributed by atoms with Gasteiger partial charge in [-0.1, -0.05) is 56.5 Å². The molecule has 1 heterocycles. The van der Waals surface area contributed by atoms with Gasteiger partial charge in [0.2, 0.25) is 11.8 Å². The van der Waals surface area contributed by atoms with E-state index in [1.54, 1.807) is 6.92 Å². The fraction of sp³-hybridized carbons (Fsp3) is 0.609. The maximum Gasteiger partial charge on any atom is 0.321 e. The predicted octanol–water partition coefficient (Wildman–Crippen LogP) is 2.81. The summed E-state index contributed by atoms with van der Waals surface area (Å²) >= 11 is 0. The summed E-state index contributed by atoms with van der Waals surface area (Å²) in [5, 5.41) is 8.15. The molecule has 0 bridgehead atoms. The Kier molecular flexibility index (Phi) is 10.3. The Morgan fingerprint density at radius 2 is 1.87 bits per heavy atom. The van der Waals surface area contributed by atoms with Gasteiger partial charge in [0, 0.05) is 19.6 Å². The summed E-state index contributed by atoms with van der Waals surface area (Å²) in [7, 11) is 0. The van der Waals surface area contributed by atoms with Crippen molar-refractivity contribution in [2.75, 3.05) is 19.6 Å². The predicted molar refractivity (Wildman–Crippen MR) is 118 cm³/mol. The Balaban J connectivity index is 1.73. The van der Waals surface area contributed by atoms with Crippen LogP contribution in [-0.2, 0) is 16.1 Å². The summed E-state index contributed by atoms with van der Waals surface area (Å²) in [5.74, 6) is -0.377. The molecule has 3 N–H and O–H groups in total. The van der Waals surface area contributed by atoms with Crippen LogP contribution >= 0.6 is 0 Å². The van der Waals surface area contributed by atoms with Gasteiger partial charge in [0.25, 0.3) is 0 Å². The zero-order valence-corrected chi connectivity index (χ0v) is 18.3. The van der Waals surface area contributed by atoms with Crippen LogP contribution in [0, 0.1) is 5.92 Å². The number of imide groups is 1. The van der Waals surface area contributed by atoms with Crippen molar-refractivity contribution in [1.82, 2.24) is 20.9 Å². The van der Waals surface area contributed by atoms with Crippen LogP contribution in [0.3, 0.4) is 0 Å². The van der Waals surface area contributed by atoms with Crippen molar-refractivity contribution in [3.8, 4) is 0 Å². The number of benzene rings is 1. The van der Waals surface area contributed by atoms with Gasteiger partial charge in [-0.05, 0) is 38.3 Å². The van der Waals surface area contributed by atoms with Crippen molar-refractivity contribution in [3.05, 3.63) is 35.9 Å². The fourth-order valence-electron chi connectivity index (χ4n) is 3.68. The van der Waals surface area contributed by atoms with Gasteiger partial charge in [-0.15, -0.1) is 0 Å². The van der Waals surface area contributed by atoms with Crippen LogP contribution in [-0.4, -0.2) is 48.4 Å². The molecule has 2 unspecified atom stereocenters. The number of nitrogens with one attached hydrogen (secondary N) is 3. The fourth-order valence-corrected chi connectivity index (χ4v) is 3.68. The highest BCUT2D eigenvalue weighted by Gasteiger charge is 2.31. The number of unbranched alkanes of at least 4 members (excludes halogenated alkanes) is 3. The molecule has 1 aromatic carbocycles. The first-order valence-corrected chi connectivity index (χ1v) is 11.2. The molecule has 1 aliphatic heterocycles. The minimum absolute atomic E-state index is 0.0735. The topological polar surface area (TPSA) is 90.5 Å². The number of nitrogens with zero attached hydrogens (tertiary/aromatic N) is 1. The molecule has 1 aliphatic rings. The van der Waals surface area contributed by atoms with E-state index in [2.05, 4.69) is 22.9 Å². The van der Waals surface area contributed by atoms with E-state index in [9.17, 15) is 14.4 Å². The van der Waals surface area contributed by atoms with Crippen LogP contribution in [0.1, 0.15) is 57.9 Å². The first-order valence-electron chi connectivity index (χ1n) is 11.2. The Hall–Kier alpha value is -2.41. The number of likely N-dealkylation sites (tertiary alicyclic amines) is 1. The number of amides is 4. The van der Waals surface area contributed by atoms with Gasteiger partial charge >= 0.3 is 6.03 Å². The Labute approximate surface area is 180 Å². The van der Waals surface area contributed by atoms with E-state index < -0.39 is 12.1 Å². The molecule has 0 aromatic heterocycles. The molecule has 166 valence electrons. The molecule has 1 saturated heterocycles. The van der Waals surface area contributed by atoms with E-state index in [0.717, 1.165) is 37.8 Å². The van der Waals surface area contributed by atoms with Gasteiger partial charge in [0.15, 0.2) is 0 Å². The van der Waals surface area contributed by atoms with Gasteiger partial charge in [0.1, 0.15) is 0 Å². The summed E-state index contributed by atoms with van der Waals surface area (Å²) in [5.41, 5.74) is 0.965. The third-order valence-electron chi connectivity index (χ3n) is 5.61. The quantitative estimate of drug-likeness (QED) is 0.512. The van der Waals surface area contributed by atoms with Gasteiger partial charge in [0.05, 0.1) is 12.0 Å². The second-order valence-corrected chi connectivity index (χ2v) is 8.02. The van der Waals surface area contributed by atoms with Crippen LogP contribution in [0.2, 0.25) is 0 Å². The van der Waals surface area contributed by atoms with E-state index in [-0.39, 0.29) is 17.7 Å². The second kappa shape index (κ2) is 13.0. The van der Waals surface area contributed by atoms with Crippen molar-refractivity contribution in [2.24, 2.45) is 5.92 Å². The Morgan fingerprint density at radius 1 is 1.10 bits per heavy atom. The highest BCUT2D eigenvalue weighted by atomic mass is 16.2. The molecular weight excluding hydrogens is 380 g/mol. The Bertz CT molecular complexity index is 680. The molecule has 2 rings (SSSR count). The van der Waals surface area contributed by atoms with E-state index in [0.29, 0.717) is 19.6 Å². The first kappa shape index (κ1) is 23.9. The maximum absolute atomic E-state index is 12.5. The zero-order valence-electron chi connectivity index (χ0n) is 18.3. The molecule has 2 atom stereocenters. The molecular formula is C23H36N4O3. The van der Waals surface area contributed by atoms with Gasteiger partial charge in [-0.3, -0.25) is 19.8 Å². The highest BCUT2D eigenvalue weighted by molar-refractivity contribution is 5.96. The minimum Gasteiger partial charge on any atom is -0.356 e. The van der Waals surface area contributed by atoms with Crippen LogP contribution in [0.25, 0.3) is 0 Å². The molecule has 0 radical (unpaired) electrons. The van der Waals surface area contributed by atoms with Crippen LogP contribution in [0.4, 0.5) is 4.79 Å². The summed E-state index contributed by atoms with van der Waals surface area (Å²) in [6.07, 6.45) is 6.22. The van der Waals surface area contributed by atoms with E-state index in [4.69, 9.17) is 0 Å². The lowest BCUT2D eigenvalue weighted by Crippen LogP contribution is -2.53. The SMILES string of the molecule is CCCCCCNC(=O)C1CCCN(C(C)C(=O)NC(=O)NCc2ccccc2)C1. The molecule has 1 fully saturated rings. The number of carbonyl (C=O) groups is 3. The molecule has 30 heavy (non-hydrogen) atoms. The lowest BCUT2D eigenvalue weighted by Gasteiger charge is -2.35. The maximum atomic E-state index is 12.5. The highest BCUT2D eigenvalue weighted by Crippen LogP contribution is 2.19. The number of carbonyl (C=O) groups excluding carboxylic acids is 3. The largest absolute Gasteiger partial charge is 0.356 e.